The Kier molecular flexibility index (Phi) is 12.5. The molecule has 0 heterocycles. The largest absolute Gasteiger partial charge is 0.481 e. The quantitative estimate of drug-likeness (QED) is 0.120. The van der Waals surface area contributed by atoms with Crippen LogP contribution in [0.2, 0.25) is 0 Å². The molecule has 0 aromatic carbocycles. The van der Waals surface area contributed by atoms with Crippen LogP contribution in [-0.4, -0.2) is 81.7 Å². The summed E-state index contributed by atoms with van der Waals surface area (Å²) in [5.74, 6) is -6.47. The van der Waals surface area contributed by atoms with Crippen LogP contribution < -0.4 is 27.4 Å². The topological polar surface area (TPSA) is 251 Å². The van der Waals surface area contributed by atoms with Crippen molar-refractivity contribution in [2.45, 2.75) is 63.7 Å². The van der Waals surface area contributed by atoms with Gasteiger partial charge in [-0.1, -0.05) is 13.8 Å². The summed E-state index contributed by atoms with van der Waals surface area (Å²) in [6.45, 7) is 2.58. The minimum absolute atomic E-state index is 0.0814. The fourth-order valence-electron chi connectivity index (χ4n) is 2.56. The molecule has 0 bridgehead atoms. The number of aliphatic hydroxyl groups is 1. The molecule has 10 N–H and O–H groups in total. The normalized spacial score (nSPS) is 14.5. The van der Waals surface area contributed by atoms with E-state index in [1.807, 2.05) is 0 Å². The Bertz CT molecular complexity index is 713. The molecular weight excluding hydrogens is 430 g/mol. The number of aliphatic carboxylic acids is 2. The van der Waals surface area contributed by atoms with Crippen molar-refractivity contribution in [3.05, 3.63) is 0 Å². The van der Waals surface area contributed by atoms with Gasteiger partial charge in [0.15, 0.2) is 0 Å². The molecule has 0 aliphatic carbocycles. The zero-order valence-electron chi connectivity index (χ0n) is 17.9. The van der Waals surface area contributed by atoms with Crippen molar-refractivity contribution >= 4 is 35.6 Å². The predicted octanol–water partition coefficient (Wildman–Crippen LogP) is -3.37. The molecule has 0 saturated heterocycles. The molecule has 0 aliphatic rings. The maximum atomic E-state index is 12.5. The van der Waals surface area contributed by atoms with Crippen LogP contribution in [0.25, 0.3) is 0 Å². The van der Waals surface area contributed by atoms with Crippen LogP contribution in [-0.2, 0) is 28.8 Å². The van der Waals surface area contributed by atoms with Crippen LogP contribution in [0.5, 0.6) is 0 Å². The molecule has 0 fully saturated rings. The maximum Gasteiger partial charge on any atom is 0.326 e. The third kappa shape index (κ3) is 11.2. The second-order valence-corrected chi connectivity index (χ2v) is 7.54. The van der Waals surface area contributed by atoms with Gasteiger partial charge in [0.2, 0.25) is 23.6 Å². The van der Waals surface area contributed by atoms with E-state index in [-0.39, 0.29) is 18.8 Å². The highest BCUT2D eigenvalue weighted by Crippen LogP contribution is 2.07. The molecule has 14 heteroatoms. The third-order valence-corrected chi connectivity index (χ3v) is 4.17. The van der Waals surface area contributed by atoms with Gasteiger partial charge >= 0.3 is 11.9 Å². The van der Waals surface area contributed by atoms with Crippen molar-refractivity contribution in [3.63, 3.8) is 0 Å². The second-order valence-electron chi connectivity index (χ2n) is 7.54. The molecule has 32 heavy (non-hydrogen) atoms. The summed E-state index contributed by atoms with van der Waals surface area (Å²) < 4.78 is 0. The number of amides is 4. The van der Waals surface area contributed by atoms with E-state index in [0.29, 0.717) is 0 Å². The van der Waals surface area contributed by atoms with Gasteiger partial charge in [0.05, 0.1) is 19.1 Å². The monoisotopic (exact) mass is 461 g/mol. The Morgan fingerprint density at radius 2 is 1.34 bits per heavy atom. The summed E-state index contributed by atoms with van der Waals surface area (Å²) in [6.07, 6.45) is -1.33. The highest BCUT2D eigenvalue weighted by Gasteiger charge is 2.30. The van der Waals surface area contributed by atoms with Gasteiger partial charge in [-0.3, -0.25) is 24.0 Å². The van der Waals surface area contributed by atoms with E-state index >= 15 is 0 Å². The molecule has 4 unspecified atom stereocenters. The van der Waals surface area contributed by atoms with E-state index < -0.39 is 79.2 Å². The zero-order chi connectivity index (χ0) is 25.0. The van der Waals surface area contributed by atoms with Crippen LogP contribution >= 0.6 is 0 Å². The molecule has 0 rings (SSSR count). The van der Waals surface area contributed by atoms with Crippen LogP contribution in [0.4, 0.5) is 0 Å². The Hall–Kier alpha value is -3.26. The first-order valence-electron chi connectivity index (χ1n) is 9.78. The molecule has 0 spiro atoms. The number of rotatable bonds is 15. The molecule has 0 saturated carbocycles. The minimum atomic E-state index is -1.58. The van der Waals surface area contributed by atoms with Gasteiger partial charge < -0.3 is 42.7 Å². The van der Waals surface area contributed by atoms with Crippen LogP contribution in [0.15, 0.2) is 0 Å². The minimum Gasteiger partial charge on any atom is -0.481 e. The molecule has 4 amide bonds. The molecule has 4 atom stereocenters. The summed E-state index contributed by atoms with van der Waals surface area (Å²) >= 11 is 0. The Balaban J connectivity index is 5.35. The van der Waals surface area contributed by atoms with E-state index in [2.05, 4.69) is 16.0 Å². The molecule has 0 aromatic rings. The first-order valence-corrected chi connectivity index (χ1v) is 9.78. The van der Waals surface area contributed by atoms with Crippen LogP contribution in [0.3, 0.4) is 0 Å². The van der Waals surface area contributed by atoms with Gasteiger partial charge in [-0.15, -0.1) is 0 Å². The number of nitrogens with two attached hydrogens (primary N) is 2. The number of carbonyl (C=O) groups excluding carboxylic acids is 4. The molecule has 182 valence electrons. The SMILES string of the molecule is CC(C)CC(NC(=O)C(CCC(=O)O)NC(=O)C(CO)NC(=O)C(N)CC(N)=O)C(=O)O. The lowest BCUT2D eigenvalue weighted by Gasteiger charge is -2.24. The van der Waals surface area contributed by atoms with Crippen molar-refractivity contribution < 1.29 is 44.1 Å². The first kappa shape index (κ1) is 28.7. The van der Waals surface area contributed by atoms with Crippen molar-refractivity contribution in [1.82, 2.24) is 16.0 Å². The number of primary amides is 1. The van der Waals surface area contributed by atoms with Crippen molar-refractivity contribution in [3.8, 4) is 0 Å². The van der Waals surface area contributed by atoms with Gasteiger partial charge in [-0.2, -0.15) is 0 Å². The lowest BCUT2D eigenvalue weighted by atomic mass is 10.0. The number of hydrogen-bond donors (Lipinski definition) is 8. The average molecular weight is 461 g/mol. The summed E-state index contributed by atoms with van der Waals surface area (Å²) in [7, 11) is 0. The summed E-state index contributed by atoms with van der Waals surface area (Å²) in [5.41, 5.74) is 10.4. The highest BCUT2D eigenvalue weighted by molar-refractivity contribution is 5.95. The maximum absolute atomic E-state index is 12.5. The van der Waals surface area contributed by atoms with Gasteiger partial charge in [-0.05, 0) is 18.8 Å². The summed E-state index contributed by atoms with van der Waals surface area (Å²) in [4.78, 5) is 70.1. The number of carboxylic acid groups (broad SMARTS) is 2. The lowest BCUT2D eigenvalue weighted by molar-refractivity contribution is -0.143. The fourth-order valence-corrected chi connectivity index (χ4v) is 2.56. The second kappa shape index (κ2) is 13.9. The molecular formula is C18H31N5O9. The van der Waals surface area contributed by atoms with E-state index in [4.69, 9.17) is 16.6 Å². The van der Waals surface area contributed by atoms with E-state index in [1.165, 1.54) is 0 Å². The number of nitrogens with one attached hydrogen (secondary N) is 3. The number of aliphatic hydroxyl groups excluding tert-OH is 1. The van der Waals surface area contributed by atoms with Gasteiger partial charge in [0.1, 0.15) is 18.1 Å². The van der Waals surface area contributed by atoms with Gasteiger partial charge in [-0.25, -0.2) is 4.79 Å². The third-order valence-electron chi connectivity index (χ3n) is 4.17. The molecule has 0 aliphatic heterocycles. The number of carboxylic acids is 2. The number of hydrogen-bond acceptors (Lipinski definition) is 8. The van der Waals surface area contributed by atoms with Gasteiger partial charge in [0.25, 0.3) is 0 Å². The lowest BCUT2D eigenvalue weighted by Crippen LogP contribution is -2.58. The summed E-state index contributed by atoms with van der Waals surface area (Å²) in [6, 6.07) is -5.69. The van der Waals surface area contributed by atoms with E-state index in [9.17, 15) is 39.0 Å². The van der Waals surface area contributed by atoms with E-state index in [1.54, 1.807) is 13.8 Å². The smallest absolute Gasteiger partial charge is 0.326 e. The number of carbonyl (C=O) groups is 6. The fraction of sp³-hybridized carbons (Fsp3) is 0.667. The van der Waals surface area contributed by atoms with E-state index in [0.717, 1.165) is 0 Å². The Morgan fingerprint density at radius 3 is 1.78 bits per heavy atom. The predicted molar refractivity (Wildman–Crippen MR) is 109 cm³/mol. The standard InChI is InChI=1S/C18H31N5O9/c1-8(2)5-11(18(31)32)22-16(29)10(3-4-14(26)27)21-17(30)12(7-24)23-15(28)9(19)6-13(20)25/h8-12,24H,3-7,19H2,1-2H3,(H2,20,25)(H,21,30)(H,22,29)(H,23,28)(H,26,27)(H,31,32). The molecule has 14 nitrogen and oxygen atoms in total. The van der Waals surface area contributed by atoms with Crippen molar-refractivity contribution in [2.75, 3.05) is 6.61 Å². The Morgan fingerprint density at radius 1 is 0.844 bits per heavy atom. The van der Waals surface area contributed by atoms with Crippen molar-refractivity contribution in [2.24, 2.45) is 17.4 Å². The molecule has 0 radical (unpaired) electrons. The summed E-state index contributed by atoms with van der Waals surface area (Å²) in [5, 5.41) is 34.1. The van der Waals surface area contributed by atoms with Crippen LogP contribution in [0.1, 0.15) is 39.5 Å². The highest BCUT2D eigenvalue weighted by atomic mass is 16.4. The van der Waals surface area contributed by atoms with Crippen LogP contribution in [0, 0.1) is 5.92 Å². The zero-order valence-corrected chi connectivity index (χ0v) is 17.9. The molecule has 0 aromatic heterocycles. The van der Waals surface area contributed by atoms with Gasteiger partial charge in [0, 0.05) is 6.42 Å². The van der Waals surface area contributed by atoms with Crippen molar-refractivity contribution in [1.29, 1.82) is 0 Å². The first-order chi connectivity index (χ1) is 14.8. The Labute approximate surface area is 184 Å². The average Bonchev–Trinajstić information content (AvgIpc) is 2.66.